The highest BCUT2D eigenvalue weighted by Crippen LogP contribution is 2.15. The van der Waals surface area contributed by atoms with Crippen LogP contribution in [-0.2, 0) is 0 Å². The van der Waals surface area contributed by atoms with Gasteiger partial charge in [-0.15, -0.1) is 0 Å². The van der Waals surface area contributed by atoms with Crippen molar-refractivity contribution in [2.45, 2.75) is 32.8 Å². The molecule has 0 radical (unpaired) electrons. The lowest BCUT2D eigenvalue weighted by atomic mass is 10.0. The number of anilines is 2. The fourth-order valence-corrected chi connectivity index (χ4v) is 1.14. The smallest absolute Gasteiger partial charge is 0.224 e. The van der Waals surface area contributed by atoms with Crippen molar-refractivity contribution < 1.29 is 5.11 Å². The van der Waals surface area contributed by atoms with E-state index in [1.165, 1.54) is 0 Å². The monoisotopic (exact) mass is 224 g/mol. The minimum Gasteiger partial charge on any atom is -0.388 e. The summed E-state index contributed by atoms with van der Waals surface area (Å²) in [4.78, 5) is 8.38. The van der Waals surface area contributed by atoms with Gasteiger partial charge in [-0.3, -0.25) is 0 Å². The maximum absolute atomic E-state index is 9.88. The molecule has 0 bridgehead atoms. The molecule has 5 nitrogen and oxygen atoms in total. The summed E-state index contributed by atoms with van der Waals surface area (Å²) in [7, 11) is 1.77. The summed E-state index contributed by atoms with van der Waals surface area (Å²) in [5.41, 5.74) is 0.253. The minimum atomic E-state index is -0.711. The predicted molar refractivity (Wildman–Crippen MR) is 65.7 cm³/mol. The van der Waals surface area contributed by atoms with Crippen molar-refractivity contribution in [3.05, 3.63) is 11.8 Å². The number of nitrogens with one attached hydrogen (secondary N) is 2. The second-order valence-electron chi connectivity index (χ2n) is 4.18. The molecule has 0 aliphatic heterocycles. The molecule has 1 atom stereocenters. The van der Waals surface area contributed by atoms with Crippen molar-refractivity contribution in [1.29, 1.82) is 0 Å². The van der Waals surface area contributed by atoms with Gasteiger partial charge in [-0.05, 0) is 20.3 Å². The number of aliphatic hydroxyl groups is 1. The SMILES string of the molecule is CCC(C)(O)CNc1nc(NC)ncc1C. The number of hydrogen-bond acceptors (Lipinski definition) is 5. The molecule has 0 aliphatic carbocycles. The Hall–Kier alpha value is -1.36. The zero-order chi connectivity index (χ0) is 12.2. The summed E-state index contributed by atoms with van der Waals surface area (Å²) in [6.45, 7) is 6.16. The third-order valence-electron chi connectivity index (χ3n) is 2.59. The normalized spacial score (nSPS) is 14.3. The van der Waals surface area contributed by atoms with Gasteiger partial charge in [0.25, 0.3) is 0 Å². The fourth-order valence-electron chi connectivity index (χ4n) is 1.14. The van der Waals surface area contributed by atoms with Crippen LogP contribution in [0.15, 0.2) is 6.20 Å². The van der Waals surface area contributed by atoms with Gasteiger partial charge >= 0.3 is 0 Å². The van der Waals surface area contributed by atoms with Crippen molar-refractivity contribution in [2.24, 2.45) is 0 Å². The molecule has 0 amide bonds. The Bertz CT molecular complexity index is 352. The van der Waals surface area contributed by atoms with Crippen LogP contribution in [0.4, 0.5) is 11.8 Å². The van der Waals surface area contributed by atoms with E-state index in [0.717, 1.165) is 11.4 Å². The van der Waals surface area contributed by atoms with Crippen LogP contribution >= 0.6 is 0 Å². The molecule has 5 heteroatoms. The molecule has 3 N–H and O–H groups in total. The van der Waals surface area contributed by atoms with E-state index < -0.39 is 5.60 Å². The lowest BCUT2D eigenvalue weighted by Gasteiger charge is -2.22. The Labute approximate surface area is 96.3 Å². The maximum Gasteiger partial charge on any atom is 0.224 e. The predicted octanol–water partition coefficient (Wildman–Crippen LogP) is 1.40. The number of nitrogens with zero attached hydrogens (tertiary/aromatic N) is 2. The molecule has 1 aromatic rings. The van der Waals surface area contributed by atoms with Crippen molar-refractivity contribution in [3.8, 4) is 0 Å². The molecule has 0 spiro atoms. The third-order valence-corrected chi connectivity index (χ3v) is 2.59. The summed E-state index contributed by atoms with van der Waals surface area (Å²) in [6, 6.07) is 0. The first-order chi connectivity index (χ1) is 7.48. The molecule has 0 fully saturated rings. The van der Waals surface area contributed by atoms with Gasteiger partial charge in [-0.2, -0.15) is 4.98 Å². The molecule has 1 unspecified atom stereocenters. The molecule has 1 aromatic heterocycles. The summed E-state index contributed by atoms with van der Waals surface area (Å²) < 4.78 is 0. The number of hydrogen-bond donors (Lipinski definition) is 3. The van der Waals surface area contributed by atoms with Crippen LogP contribution < -0.4 is 10.6 Å². The van der Waals surface area contributed by atoms with Crippen molar-refractivity contribution in [3.63, 3.8) is 0 Å². The molecule has 0 saturated heterocycles. The van der Waals surface area contributed by atoms with Crippen LogP contribution in [0.2, 0.25) is 0 Å². The van der Waals surface area contributed by atoms with E-state index in [9.17, 15) is 5.11 Å². The summed E-state index contributed by atoms with van der Waals surface area (Å²) in [5.74, 6) is 1.33. The molecule has 0 aromatic carbocycles. The van der Waals surface area contributed by atoms with Gasteiger partial charge in [0.05, 0.1) is 5.60 Å². The Balaban J connectivity index is 2.73. The van der Waals surface area contributed by atoms with E-state index in [1.54, 1.807) is 20.2 Å². The summed E-state index contributed by atoms with van der Waals surface area (Å²) in [6.07, 6.45) is 2.45. The number of aryl methyl sites for hydroxylation is 1. The van der Waals surface area contributed by atoms with Crippen LogP contribution in [0, 0.1) is 6.92 Å². The average molecular weight is 224 g/mol. The topological polar surface area (TPSA) is 70.1 Å². The third kappa shape index (κ3) is 3.34. The van der Waals surface area contributed by atoms with E-state index in [2.05, 4.69) is 20.6 Å². The molecular weight excluding hydrogens is 204 g/mol. The van der Waals surface area contributed by atoms with Gasteiger partial charge in [0, 0.05) is 25.4 Å². The zero-order valence-corrected chi connectivity index (χ0v) is 10.3. The second-order valence-corrected chi connectivity index (χ2v) is 4.18. The number of aromatic nitrogens is 2. The lowest BCUT2D eigenvalue weighted by molar-refractivity contribution is 0.0696. The van der Waals surface area contributed by atoms with E-state index in [0.29, 0.717) is 18.9 Å². The standard InChI is InChI=1S/C11H20N4O/c1-5-11(3,16)7-14-9-8(2)6-13-10(12-4)15-9/h6,16H,5,7H2,1-4H3,(H2,12,13,14,15). The molecule has 90 valence electrons. The van der Waals surface area contributed by atoms with Crippen LogP contribution in [0.3, 0.4) is 0 Å². The largest absolute Gasteiger partial charge is 0.388 e. The molecule has 1 rings (SSSR count). The van der Waals surface area contributed by atoms with Gasteiger partial charge in [-0.25, -0.2) is 4.98 Å². The van der Waals surface area contributed by atoms with Crippen molar-refractivity contribution in [2.75, 3.05) is 24.2 Å². The van der Waals surface area contributed by atoms with Crippen LogP contribution in [0.25, 0.3) is 0 Å². The van der Waals surface area contributed by atoms with E-state index in [-0.39, 0.29) is 0 Å². The van der Waals surface area contributed by atoms with Gasteiger partial charge < -0.3 is 15.7 Å². The number of rotatable bonds is 5. The first-order valence-electron chi connectivity index (χ1n) is 5.46. The summed E-state index contributed by atoms with van der Waals surface area (Å²) >= 11 is 0. The quantitative estimate of drug-likeness (QED) is 0.705. The lowest BCUT2D eigenvalue weighted by Crippen LogP contribution is -2.32. The van der Waals surface area contributed by atoms with Crippen LogP contribution in [0.1, 0.15) is 25.8 Å². The minimum absolute atomic E-state index is 0.477. The maximum atomic E-state index is 9.88. The van der Waals surface area contributed by atoms with E-state index in [1.807, 2.05) is 13.8 Å². The fraction of sp³-hybridized carbons (Fsp3) is 0.636. The zero-order valence-electron chi connectivity index (χ0n) is 10.3. The van der Waals surface area contributed by atoms with Gasteiger partial charge in [-0.1, -0.05) is 6.92 Å². The average Bonchev–Trinajstić information content (AvgIpc) is 2.28. The Kier molecular flexibility index (Phi) is 4.06. The highest BCUT2D eigenvalue weighted by molar-refractivity contribution is 5.46. The second kappa shape index (κ2) is 5.12. The van der Waals surface area contributed by atoms with Gasteiger partial charge in [0.1, 0.15) is 5.82 Å². The van der Waals surface area contributed by atoms with Crippen molar-refractivity contribution in [1.82, 2.24) is 9.97 Å². The highest BCUT2D eigenvalue weighted by atomic mass is 16.3. The molecular formula is C11H20N4O. The Morgan fingerprint density at radius 2 is 2.19 bits per heavy atom. The highest BCUT2D eigenvalue weighted by Gasteiger charge is 2.17. The van der Waals surface area contributed by atoms with Crippen LogP contribution in [0.5, 0.6) is 0 Å². The van der Waals surface area contributed by atoms with Crippen molar-refractivity contribution >= 4 is 11.8 Å². The molecule has 0 aliphatic rings. The van der Waals surface area contributed by atoms with Gasteiger partial charge in [0.15, 0.2) is 0 Å². The van der Waals surface area contributed by atoms with Gasteiger partial charge in [0.2, 0.25) is 5.95 Å². The summed E-state index contributed by atoms with van der Waals surface area (Å²) in [5, 5.41) is 15.9. The molecule has 16 heavy (non-hydrogen) atoms. The molecule has 1 heterocycles. The van der Waals surface area contributed by atoms with Crippen LogP contribution in [-0.4, -0.2) is 34.3 Å². The van der Waals surface area contributed by atoms with E-state index in [4.69, 9.17) is 0 Å². The Morgan fingerprint density at radius 1 is 1.50 bits per heavy atom. The Morgan fingerprint density at radius 3 is 2.75 bits per heavy atom. The first-order valence-corrected chi connectivity index (χ1v) is 5.46. The van der Waals surface area contributed by atoms with E-state index >= 15 is 0 Å². The first kappa shape index (κ1) is 12.7. The molecule has 0 saturated carbocycles.